The Morgan fingerprint density at radius 1 is 1.12 bits per heavy atom. The van der Waals surface area contributed by atoms with Gasteiger partial charge in [-0.2, -0.15) is 0 Å². The molecule has 0 saturated carbocycles. The minimum atomic E-state index is -0.0625. The van der Waals surface area contributed by atoms with Crippen LogP contribution in [0.1, 0.15) is 20.3 Å². The van der Waals surface area contributed by atoms with E-state index in [1.165, 1.54) is 13.8 Å². The van der Waals surface area contributed by atoms with E-state index in [1.807, 2.05) is 0 Å². The Kier molecular flexibility index (Phi) is 8.95. The van der Waals surface area contributed by atoms with Gasteiger partial charge < -0.3 is 0 Å². The third kappa shape index (κ3) is 10.1. The molecule has 8 heavy (non-hydrogen) atoms. The molecule has 40 valence electrons. The first-order valence-electron chi connectivity index (χ1n) is 2.12. The summed E-state index contributed by atoms with van der Waals surface area (Å²) in [6.07, 6.45) is 0.0833. The van der Waals surface area contributed by atoms with Gasteiger partial charge in [0, 0.05) is 0 Å². The quantitative estimate of drug-likeness (QED) is 0.314. The molecule has 0 bridgehead atoms. The van der Waals surface area contributed by atoms with Gasteiger partial charge in [0.2, 0.25) is 0 Å². The molecule has 2 nitrogen and oxygen atoms in total. The predicted octanol–water partition coefficient (Wildman–Crippen LogP) is -2.44. The van der Waals surface area contributed by atoms with E-state index in [9.17, 15) is 9.59 Å². The van der Waals surface area contributed by atoms with E-state index in [1.54, 1.807) is 0 Å². The minimum absolute atomic E-state index is 0. The average molecular weight is 139 g/mol. The summed E-state index contributed by atoms with van der Waals surface area (Å²) in [5.41, 5.74) is 0. The van der Waals surface area contributed by atoms with Crippen LogP contribution in [0, 0.1) is 0 Å². The number of hydrogen-bond donors (Lipinski definition) is 0. The SMILES string of the molecule is CC(=O)CC(C)=O.[K+]. The van der Waals surface area contributed by atoms with Crippen LogP contribution in [0.5, 0.6) is 0 Å². The number of hydrogen-bond acceptors (Lipinski definition) is 2. The summed E-state index contributed by atoms with van der Waals surface area (Å²) < 4.78 is 0. The fraction of sp³-hybridized carbons (Fsp3) is 0.600. The number of carbonyl (C=O) groups is 2. The average Bonchev–Trinajstić information content (AvgIpc) is 1.27. The number of Topliss-reactive ketones (excluding diaryl/α,β-unsaturated/α-hetero) is 2. The van der Waals surface area contributed by atoms with Crippen LogP contribution in [-0.4, -0.2) is 11.6 Å². The maximum Gasteiger partial charge on any atom is 1.00 e. The van der Waals surface area contributed by atoms with Crippen molar-refractivity contribution in [2.24, 2.45) is 0 Å². The molecule has 0 radical (unpaired) electrons. The Morgan fingerprint density at radius 3 is 1.38 bits per heavy atom. The molecule has 0 aromatic carbocycles. The van der Waals surface area contributed by atoms with Gasteiger partial charge in [-0.25, -0.2) is 0 Å². The van der Waals surface area contributed by atoms with E-state index in [4.69, 9.17) is 0 Å². The van der Waals surface area contributed by atoms with Crippen LogP contribution >= 0.6 is 0 Å². The maximum absolute atomic E-state index is 10.0. The van der Waals surface area contributed by atoms with Crippen molar-refractivity contribution in [1.82, 2.24) is 0 Å². The van der Waals surface area contributed by atoms with Crippen LogP contribution in [0.15, 0.2) is 0 Å². The van der Waals surface area contributed by atoms with Crippen molar-refractivity contribution < 1.29 is 61.0 Å². The summed E-state index contributed by atoms with van der Waals surface area (Å²) in [4.78, 5) is 20.1. The van der Waals surface area contributed by atoms with E-state index in [2.05, 4.69) is 0 Å². The Bertz CT molecular complexity index is 86.6. The number of rotatable bonds is 2. The molecular formula is C5H8KO2+. The molecule has 0 aliphatic rings. The molecule has 0 aromatic rings. The standard InChI is InChI=1S/C5H8O2.K/c1-4(6)3-5(2)7;/h3H2,1-2H3;/q;+1. The van der Waals surface area contributed by atoms with Crippen LogP contribution in [0.2, 0.25) is 0 Å². The van der Waals surface area contributed by atoms with E-state index < -0.39 is 0 Å². The van der Waals surface area contributed by atoms with Crippen LogP contribution in [0.25, 0.3) is 0 Å². The topological polar surface area (TPSA) is 34.1 Å². The Morgan fingerprint density at radius 2 is 1.38 bits per heavy atom. The van der Waals surface area contributed by atoms with E-state index >= 15 is 0 Å². The molecule has 0 rings (SSSR count). The fourth-order valence-corrected chi connectivity index (χ4v) is 0.351. The smallest absolute Gasteiger partial charge is 0.300 e. The second kappa shape index (κ2) is 6.10. The number of carbonyl (C=O) groups excluding carboxylic acids is 2. The van der Waals surface area contributed by atoms with Crippen molar-refractivity contribution in [3.8, 4) is 0 Å². The van der Waals surface area contributed by atoms with E-state index in [0.29, 0.717) is 0 Å². The van der Waals surface area contributed by atoms with Gasteiger partial charge in [-0.15, -0.1) is 0 Å². The largest absolute Gasteiger partial charge is 1.00 e. The molecule has 0 amide bonds. The molecule has 0 N–H and O–H groups in total. The van der Waals surface area contributed by atoms with Gasteiger partial charge in [-0.3, -0.25) is 9.59 Å². The second-order valence-electron chi connectivity index (χ2n) is 1.58. The summed E-state index contributed by atoms with van der Waals surface area (Å²) >= 11 is 0. The number of ketones is 2. The normalized spacial score (nSPS) is 7.25. The predicted molar refractivity (Wildman–Crippen MR) is 26.0 cm³/mol. The van der Waals surface area contributed by atoms with Gasteiger partial charge >= 0.3 is 51.4 Å². The van der Waals surface area contributed by atoms with Gasteiger partial charge in [-0.05, 0) is 13.8 Å². The molecular weight excluding hydrogens is 131 g/mol. The third-order valence-corrected chi connectivity index (χ3v) is 0.498. The summed E-state index contributed by atoms with van der Waals surface area (Å²) in [5, 5.41) is 0. The van der Waals surface area contributed by atoms with Crippen LogP contribution in [0.4, 0.5) is 0 Å². The molecule has 0 spiro atoms. The van der Waals surface area contributed by atoms with Gasteiger partial charge in [-0.1, -0.05) is 0 Å². The van der Waals surface area contributed by atoms with Gasteiger partial charge in [0.05, 0.1) is 6.42 Å². The zero-order chi connectivity index (χ0) is 5.86. The molecule has 0 heterocycles. The van der Waals surface area contributed by atoms with Crippen LogP contribution in [0.3, 0.4) is 0 Å². The Labute approximate surface area is 91.4 Å². The van der Waals surface area contributed by atoms with Gasteiger partial charge in [0.1, 0.15) is 11.6 Å². The zero-order valence-electron chi connectivity index (χ0n) is 5.52. The molecule has 0 aliphatic carbocycles. The zero-order valence-corrected chi connectivity index (χ0v) is 8.65. The third-order valence-electron chi connectivity index (χ3n) is 0.498. The van der Waals surface area contributed by atoms with Crippen LogP contribution in [-0.2, 0) is 9.59 Å². The fourth-order valence-electron chi connectivity index (χ4n) is 0.351. The molecule has 0 unspecified atom stereocenters. The van der Waals surface area contributed by atoms with Crippen molar-refractivity contribution in [2.45, 2.75) is 20.3 Å². The van der Waals surface area contributed by atoms with Crippen molar-refractivity contribution >= 4 is 11.6 Å². The van der Waals surface area contributed by atoms with E-state index in [-0.39, 0.29) is 69.4 Å². The Balaban J connectivity index is 0. The molecule has 0 atom stereocenters. The van der Waals surface area contributed by atoms with Crippen LogP contribution < -0.4 is 51.4 Å². The van der Waals surface area contributed by atoms with Crippen molar-refractivity contribution in [2.75, 3.05) is 0 Å². The Hall–Kier alpha value is 0.976. The van der Waals surface area contributed by atoms with Gasteiger partial charge in [0.15, 0.2) is 0 Å². The molecule has 0 saturated heterocycles. The molecule has 0 fully saturated rings. The summed E-state index contributed by atoms with van der Waals surface area (Å²) in [7, 11) is 0. The maximum atomic E-state index is 10.0. The van der Waals surface area contributed by atoms with Gasteiger partial charge in [0.25, 0.3) is 0 Å². The summed E-state index contributed by atoms with van der Waals surface area (Å²) in [5.74, 6) is -0.125. The summed E-state index contributed by atoms with van der Waals surface area (Å²) in [6, 6.07) is 0. The van der Waals surface area contributed by atoms with Crippen molar-refractivity contribution in [1.29, 1.82) is 0 Å². The van der Waals surface area contributed by atoms with Crippen molar-refractivity contribution in [3.05, 3.63) is 0 Å². The second-order valence-corrected chi connectivity index (χ2v) is 1.58. The van der Waals surface area contributed by atoms with Crippen molar-refractivity contribution in [3.63, 3.8) is 0 Å². The van der Waals surface area contributed by atoms with E-state index in [0.717, 1.165) is 0 Å². The minimum Gasteiger partial charge on any atom is -0.300 e. The first-order chi connectivity index (χ1) is 3.13. The monoisotopic (exact) mass is 139 g/mol. The summed E-state index contributed by atoms with van der Waals surface area (Å²) in [6.45, 7) is 2.81. The molecule has 0 aromatic heterocycles. The first-order valence-corrected chi connectivity index (χ1v) is 2.12. The first kappa shape index (κ1) is 11.7. The molecule has 0 aliphatic heterocycles. The molecule has 3 heteroatoms.